The SMILES string of the molecule is CCCCCOc1ccc(/C=N\Nc2nc(-c3ccccc3OC)cs2)cc1OC. The highest BCUT2D eigenvalue weighted by Crippen LogP contribution is 2.32. The molecule has 1 N–H and O–H groups in total. The van der Waals surface area contributed by atoms with Crippen molar-refractivity contribution in [1.29, 1.82) is 0 Å². The summed E-state index contributed by atoms with van der Waals surface area (Å²) in [6, 6.07) is 13.6. The number of rotatable bonds is 11. The molecule has 0 radical (unpaired) electrons. The Kier molecular flexibility index (Phi) is 8.09. The lowest BCUT2D eigenvalue weighted by Gasteiger charge is -2.11. The summed E-state index contributed by atoms with van der Waals surface area (Å²) in [5.74, 6) is 2.24. The first-order valence-corrected chi connectivity index (χ1v) is 10.8. The van der Waals surface area contributed by atoms with Crippen molar-refractivity contribution >= 4 is 22.7 Å². The topological polar surface area (TPSA) is 65.0 Å². The fourth-order valence-corrected chi connectivity index (χ4v) is 3.54. The Morgan fingerprint density at radius 2 is 1.87 bits per heavy atom. The van der Waals surface area contributed by atoms with Gasteiger partial charge in [-0.1, -0.05) is 31.9 Å². The summed E-state index contributed by atoms with van der Waals surface area (Å²) in [5.41, 5.74) is 5.69. The lowest BCUT2D eigenvalue weighted by atomic mass is 10.1. The van der Waals surface area contributed by atoms with Gasteiger partial charge in [-0.3, -0.25) is 5.43 Å². The number of hydrogen-bond acceptors (Lipinski definition) is 7. The van der Waals surface area contributed by atoms with Crippen LogP contribution in [0.5, 0.6) is 17.2 Å². The van der Waals surface area contributed by atoms with E-state index < -0.39 is 0 Å². The minimum Gasteiger partial charge on any atom is -0.496 e. The van der Waals surface area contributed by atoms with Gasteiger partial charge in [0, 0.05) is 10.9 Å². The molecule has 1 heterocycles. The molecule has 30 heavy (non-hydrogen) atoms. The Hall–Kier alpha value is -3.06. The predicted octanol–water partition coefficient (Wildman–Crippen LogP) is 5.84. The van der Waals surface area contributed by atoms with Crippen LogP contribution in [0.4, 0.5) is 5.13 Å². The molecule has 0 aliphatic carbocycles. The summed E-state index contributed by atoms with van der Waals surface area (Å²) in [6.45, 7) is 2.87. The molecule has 0 unspecified atom stereocenters. The number of nitrogens with zero attached hydrogens (tertiary/aromatic N) is 2. The van der Waals surface area contributed by atoms with Crippen LogP contribution in [0.15, 0.2) is 52.9 Å². The molecule has 3 aromatic rings. The second kappa shape index (κ2) is 11.2. The van der Waals surface area contributed by atoms with Gasteiger partial charge >= 0.3 is 0 Å². The molecule has 0 saturated heterocycles. The standard InChI is InChI=1S/C23H27N3O3S/c1-4-5-8-13-29-21-12-11-17(14-22(21)28-3)15-24-26-23-25-19(16-30-23)18-9-6-7-10-20(18)27-2/h6-7,9-12,14-16H,4-5,8,13H2,1-3H3,(H,25,26)/b24-15-. The Labute approximate surface area is 181 Å². The third kappa shape index (κ3) is 5.73. The molecule has 158 valence electrons. The van der Waals surface area contributed by atoms with Gasteiger partial charge < -0.3 is 14.2 Å². The van der Waals surface area contributed by atoms with Crippen LogP contribution in [0.3, 0.4) is 0 Å². The number of aromatic nitrogens is 1. The molecule has 2 aromatic carbocycles. The molecule has 0 spiro atoms. The molecule has 0 bridgehead atoms. The van der Waals surface area contributed by atoms with Gasteiger partial charge in [0.1, 0.15) is 5.75 Å². The number of anilines is 1. The van der Waals surface area contributed by atoms with Crippen LogP contribution in [-0.2, 0) is 0 Å². The molecule has 0 amide bonds. The van der Waals surface area contributed by atoms with Crippen LogP contribution in [0.25, 0.3) is 11.3 Å². The highest BCUT2D eigenvalue weighted by Gasteiger charge is 2.09. The summed E-state index contributed by atoms with van der Waals surface area (Å²) in [5, 5.41) is 6.98. The quantitative estimate of drug-likeness (QED) is 0.237. The van der Waals surface area contributed by atoms with E-state index in [1.807, 2.05) is 47.8 Å². The van der Waals surface area contributed by atoms with Gasteiger partial charge in [-0.2, -0.15) is 5.10 Å². The molecule has 0 atom stereocenters. The van der Waals surface area contributed by atoms with Gasteiger partial charge in [0.05, 0.1) is 32.7 Å². The average molecular weight is 426 g/mol. The van der Waals surface area contributed by atoms with E-state index in [0.717, 1.165) is 41.2 Å². The Bertz CT molecular complexity index is 972. The zero-order valence-corrected chi connectivity index (χ0v) is 18.4. The lowest BCUT2D eigenvalue weighted by Crippen LogP contribution is -2.00. The minimum atomic E-state index is 0.692. The van der Waals surface area contributed by atoms with Gasteiger partial charge in [-0.15, -0.1) is 11.3 Å². The highest BCUT2D eigenvalue weighted by atomic mass is 32.1. The molecule has 3 rings (SSSR count). The van der Waals surface area contributed by atoms with Crippen molar-refractivity contribution in [3.8, 4) is 28.5 Å². The molecular weight excluding hydrogens is 398 g/mol. The first-order valence-electron chi connectivity index (χ1n) is 9.94. The molecular formula is C23H27N3O3S. The van der Waals surface area contributed by atoms with Crippen molar-refractivity contribution < 1.29 is 14.2 Å². The zero-order chi connectivity index (χ0) is 21.2. The van der Waals surface area contributed by atoms with Crippen LogP contribution in [0.1, 0.15) is 31.7 Å². The summed E-state index contributed by atoms with van der Waals surface area (Å²) in [4.78, 5) is 4.59. The number of hydrogen-bond donors (Lipinski definition) is 1. The normalized spacial score (nSPS) is 10.9. The molecule has 6 nitrogen and oxygen atoms in total. The predicted molar refractivity (Wildman–Crippen MR) is 123 cm³/mol. The number of ether oxygens (including phenoxy) is 3. The Morgan fingerprint density at radius 3 is 2.67 bits per heavy atom. The molecule has 0 saturated carbocycles. The van der Waals surface area contributed by atoms with E-state index in [0.29, 0.717) is 17.5 Å². The number of nitrogens with one attached hydrogen (secondary N) is 1. The van der Waals surface area contributed by atoms with Crippen molar-refractivity contribution in [3.63, 3.8) is 0 Å². The summed E-state index contributed by atoms with van der Waals surface area (Å²) < 4.78 is 16.7. The largest absolute Gasteiger partial charge is 0.496 e. The molecule has 0 aliphatic heterocycles. The third-order valence-corrected chi connectivity index (χ3v) is 5.20. The van der Waals surface area contributed by atoms with Gasteiger partial charge in [0.2, 0.25) is 5.13 Å². The van der Waals surface area contributed by atoms with Crippen molar-refractivity contribution in [2.45, 2.75) is 26.2 Å². The molecule has 1 aromatic heterocycles. The zero-order valence-electron chi connectivity index (χ0n) is 17.6. The monoisotopic (exact) mass is 425 g/mol. The van der Waals surface area contributed by atoms with Crippen molar-refractivity contribution in [2.24, 2.45) is 5.10 Å². The first-order chi connectivity index (χ1) is 14.7. The number of para-hydroxylation sites is 1. The van der Waals surface area contributed by atoms with Crippen molar-refractivity contribution in [3.05, 3.63) is 53.4 Å². The minimum absolute atomic E-state index is 0.692. The Balaban J connectivity index is 1.62. The number of benzene rings is 2. The smallest absolute Gasteiger partial charge is 0.203 e. The third-order valence-electron chi connectivity index (χ3n) is 4.45. The maximum absolute atomic E-state index is 5.82. The highest BCUT2D eigenvalue weighted by molar-refractivity contribution is 7.14. The van der Waals surface area contributed by atoms with E-state index in [1.165, 1.54) is 17.8 Å². The van der Waals surface area contributed by atoms with E-state index in [1.54, 1.807) is 20.4 Å². The van der Waals surface area contributed by atoms with Gasteiger partial charge in [-0.25, -0.2) is 4.98 Å². The van der Waals surface area contributed by atoms with Crippen LogP contribution in [0.2, 0.25) is 0 Å². The average Bonchev–Trinajstić information content (AvgIpc) is 3.26. The van der Waals surface area contributed by atoms with E-state index in [-0.39, 0.29) is 0 Å². The second-order valence-corrected chi connectivity index (χ2v) is 7.43. The molecule has 7 heteroatoms. The second-order valence-electron chi connectivity index (χ2n) is 6.57. The van der Waals surface area contributed by atoms with Crippen molar-refractivity contribution in [2.75, 3.05) is 26.3 Å². The van der Waals surface area contributed by atoms with Gasteiger partial charge in [-0.05, 0) is 42.3 Å². The maximum atomic E-state index is 5.82. The summed E-state index contributed by atoms with van der Waals surface area (Å²) >= 11 is 1.49. The van der Waals surface area contributed by atoms with E-state index in [9.17, 15) is 0 Å². The van der Waals surface area contributed by atoms with Crippen LogP contribution in [-0.4, -0.2) is 32.0 Å². The summed E-state index contributed by atoms with van der Waals surface area (Å²) in [7, 11) is 3.30. The maximum Gasteiger partial charge on any atom is 0.203 e. The van der Waals surface area contributed by atoms with E-state index in [4.69, 9.17) is 14.2 Å². The number of unbranched alkanes of at least 4 members (excludes halogenated alkanes) is 2. The van der Waals surface area contributed by atoms with Crippen molar-refractivity contribution in [1.82, 2.24) is 4.98 Å². The van der Waals surface area contributed by atoms with Gasteiger partial charge in [0.25, 0.3) is 0 Å². The van der Waals surface area contributed by atoms with Gasteiger partial charge in [0.15, 0.2) is 11.5 Å². The molecule has 0 aliphatic rings. The van der Waals surface area contributed by atoms with Crippen LogP contribution >= 0.6 is 11.3 Å². The number of thiazole rings is 1. The summed E-state index contributed by atoms with van der Waals surface area (Å²) in [6.07, 6.45) is 5.10. The van der Waals surface area contributed by atoms with Crippen LogP contribution in [0, 0.1) is 0 Å². The van der Waals surface area contributed by atoms with E-state index in [2.05, 4.69) is 22.4 Å². The Morgan fingerprint density at radius 1 is 1.03 bits per heavy atom. The fourth-order valence-electron chi connectivity index (χ4n) is 2.88. The first kappa shape index (κ1) is 21.6. The van der Waals surface area contributed by atoms with E-state index >= 15 is 0 Å². The fraction of sp³-hybridized carbons (Fsp3) is 0.304. The van der Waals surface area contributed by atoms with Crippen LogP contribution < -0.4 is 19.6 Å². The number of methoxy groups -OCH3 is 2. The molecule has 0 fully saturated rings. The number of hydrazone groups is 1. The lowest BCUT2D eigenvalue weighted by molar-refractivity contribution is 0.286.